The molecule has 1 aromatic rings. The molecule has 2 rings (SSSR count). The summed E-state index contributed by atoms with van der Waals surface area (Å²) in [5.74, 6) is -0.119. The van der Waals surface area contributed by atoms with Crippen molar-refractivity contribution in [2.24, 2.45) is 0 Å². The molecule has 1 N–H and O–H groups in total. The highest BCUT2D eigenvalue weighted by Crippen LogP contribution is 2.42. The zero-order chi connectivity index (χ0) is 17.0. The Morgan fingerprint density at radius 3 is 2.83 bits per heavy atom. The summed E-state index contributed by atoms with van der Waals surface area (Å²) in [6.07, 6.45) is 3.35. The normalized spacial score (nSPS) is 14.1. The number of amides is 1. The average molecular weight is 319 g/mol. The predicted octanol–water partition coefficient (Wildman–Crippen LogP) is 2.71. The number of ether oxygens (including phenoxy) is 2. The maximum absolute atomic E-state index is 12.1. The van der Waals surface area contributed by atoms with Crippen molar-refractivity contribution in [3.8, 4) is 11.5 Å². The minimum Gasteiger partial charge on any atom is -0.490 e. The standard InChI is InChI=1S/C17H21NO5/c1-4-7-22-14-9-12(5-6-16(20)21)8-13-17(14)23-10-15(19)18(13)11(2)3/h5-6,8-9,11H,4,7,10H2,1-3H3,(H,20,21)/b6-5+. The number of aliphatic carboxylic acids is 1. The van der Waals surface area contributed by atoms with Gasteiger partial charge in [-0.15, -0.1) is 0 Å². The molecule has 0 bridgehead atoms. The van der Waals surface area contributed by atoms with E-state index in [2.05, 4.69) is 0 Å². The summed E-state index contributed by atoms with van der Waals surface area (Å²) in [7, 11) is 0. The van der Waals surface area contributed by atoms with Crippen molar-refractivity contribution in [1.82, 2.24) is 0 Å². The fraction of sp³-hybridized carbons (Fsp3) is 0.412. The van der Waals surface area contributed by atoms with E-state index in [1.54, 1.807) is 17.0 Å². The quantitative estimate of drug-likeness (QED) is 0.816. The molecule has 124 valence electrons. The summed E-state index contributed by atoms with van der Waals surface area (Å²) >= 11 is 0. The largest absolute Gasteiger partial charge is 0.490 e. The van der Waals surface area contributed by atoms with E-state index in [4.69, 9.17) is 14.6 Å². The third-order valence-electron chi connectivity index (χ3n) is 3.32. The first kappa shape index (κ1) is 16.9. The van der Waals surface area contributed by atoms with E-state index in [-0.39, 0.29) is 18.6 Å². The van der Waals surface area contributed by atoms with Gasteiger partial charge >= 0.3 is 5.97 Å². The van der Waals surface area contributed by atoms with Crippen molar-refractivity contribution in [3.63, 3.8) is 0 Å². The van der Waals surface area contributed by atoms with E-state index >= 15 is 0 Å². The summed E-state index contributed by atoms with van der Waals surface area (Å²) in [4.78, 5) is 24.5. The Hall–Kier alpha value is -2.50. The summed E-state index contributed by atoms with van der Waals surface area (Å²) in [5.41, 5.74) is 1.25. The number of carbonyl (C=O) groups excluding carboxylic acids is 1. The highest BCUT2D eigenvalue weighted by Gasteiger charge is 2.30. The van der Waals surface area contributed by atoms with E-state index in [1.807, 2.05) is 20.8 Å². The van der Waals surface area contributed by atoms with Crippen LogP contribution in [0.3, 0.4) is 0 Å². The summed E-state index contributed by atoms with van der Waals surface area (Å²) in [6.45, 7) is 6.31. The minimum atomic E-state index is -1.04. The zero-order valence-corrected chi connectivity index (χ0v) is 13.5. The Bertz CT molecular complexity index is 636. The lowest BCUT2D eigenvalue weighted by Gasteiger charge is -2.33. The van der Waals surface area contributed by atoms with Crippen molar-refractivity contribution < 1.29 is 24.2 Å². The number of hydrogen-bond donors (Lipinski definition) is 1. The third-order valence-corrected chi connectivity index (χ3v) is 3.32. The SMILES string of the molecule is CCCOc1cc(/C=C/C(=O)O)cc2c1OCC(=O)N2C(C)C. The van der Waals surface area contributed by atoms with Crippen molar-refractivity contribution in [2.75, 3.05) is 18.1 Å². The molecule has 1 heterocycles. The zero-order valence-electron chi connectivity index (χ0n) is 13.5. The van der Waals surface area contributed by atoms with Crippen LogP contribution in [-0.2, 0) is 9.59 Å². The second-order valence-electron chi connectivity index (χ2n) is 5.53. The first-order valence-electron chi connectivity index (χ1n) is 7.60. The molecule has 0 unspecified atom stereocenters. The van der Waals surface area contributed by atoms with Gasteiger partial charge in [0.05, 0.1) is 12.3 Å². The summed E-state index contributed by atoms with van der Waals surface area (Å²) < 4.78 is 11.3. The van der Waals surface area contributed by atoms with Crippen LogP contribution in [0.2, 0.25) is 0 Å². The Labute approximate surface area is 135 Å². The van der Waals surface area contributed by atoms with E-state index in [1.165, 1.54) is 6.08 Å². The number of carbonyl (C=O) groups is 2. The molecule has 1 aromatic carbocycles. The molecule has 1 aliphatic heterocycles. The first-order valence-corrected chi connectivity index (χ1v) is 7.60. The van der Waals surface area contributed by atoms with Crippen molar-refractivity contribution in [3.05, 3.63) is 23.8 Å². The molecule has 0 saturated carbocycles. The molecular weight excluding hydrogens is 298 g/mol. The van der Waals surface area contributed by atoms with E-state index in [9.17, 15) is 9.59 Å². The van der Waals surface area contributed by atoms with Gasteiger partial charge in [-0.2, -0.15) is 0 Å². The smallest absolute Gasteiger partial charge is 0.328 e. The lowest BCUT2D eigenvalue weighted by molar-refractivity contribution is -0.131. The van der Waals surface area contributed by atoms with Crippen LogP contribution in [0.4, 0.5) is 5.69 Å². The van der Waals surface area contributed by atoms with Gasteiger partial charge in [0.15, 0.2) is 18.1 Å². The molecule has 1 amide bonds. The number of hydrogen-bond acceptors (Lipinski definition) is 4. The monoisotopic (exact) mass is 319 g/mol. The van der Waals surface area contributed by atoms with Crippen LogP contribution >= 0.6 is 0 Å². The Morgan fingerprint density at radius 1 is 1.48 bits per heavy atom. The van der Waals surface area contributed by atoms with Crippen LogP contribution in [0.15, 0.2) is 18.2 Å². The van der Waals surface area contributed by atoms with Crippen molar-refractivity contribution >= 4 is 23.6 Å². The molecule has 0 fully saturated rings. The topological polar surface area (TPSA) is 76.1 Å². The third kappa shape index (κ3) is 3.83. The number of nitrogens with zero attached hydrogens (tertiary/aromatic N) is 1. The molecule has 6 heteroatoms. The van der Waals surface area contributed by atoms with Crippen LogP contribution in [0.1, 0.15) is 32.8 Å². The maximum atomic E-state index is 12.1. The van der Waals surface area contributed by atoms with Crippen LogP contribution in [-0.4, -0.2) is 36.2 Å². The van der Waals surface area contributed by atoms with Crippen LogP contribution in [0.25, 0.3) is 6.08 Å². The molecule has 0 radical (unpaired) electrons. The minimum absolute atomic E-state index is 0.0298. The van der Waals surface area contributed by atoms with E-state index < -0.39 is 5.97 Å². The molecule has 0 aromatic heterocycles. The maximum Gasteiger partial charge on any atom is 0.328 e. The van der Waals surface area contributed by atoms with Crippen LogP contribution < -0.4 is 14.4 Å². The Morgan fingerprint density at radius 2 is 2.22 bits per heavy atom. The van der Waals surface area contributed by atoms with Gasteiger partial charge in [0.2, 0.25) is 0 Å². The molecular formula is C17H21NO5. The van der Waals surface area contributed by atoms with Gasteiger partial charge in [-0.05, 0) is 44.0 Å². The lowest BCUT2D eigenvalue weighted by atomic mass is 10.1. The number of fused-ring (bicyclic) bond motifs is 1. The molecule has 0 atom stereocenters. The number of anilines is 1. The Balaban J connectivity index is 2.53. The van der Waals surface area contributed by atoms with Crippen LogP contribution in [0, 0.1) is 0 Å². The number of carboxylic acids is 1. The number of rotatable bonds is 6. The highest BCUT2D eigenvalue weighted by atomic mass is 16.5. The second kappa shape index (κ2) is 7.17. The molecule has 0 saturated heterocycles. The van der Waals surface area contributed by atoms with Gasteiger partial charge in [0, 0.05) is 12.1 Å². The van der Waals surface area contributed by atoms with Gasteiger partial charge in [0.25, 0.3) is 5.91 Å². The molecule has 0 spiro atoms. The highest BCUT2D eigenvalue weighted by molar-refractivity contribution is 5.99. The van der Waals surface area contributed by atoms with Crippen molar-refractivity contribution in [2.45, 2.75) is 33.2 Å². The second-order valence-corrected chi connectivity index (χ2v) is 5.53. The number of benzene rings is 1. The first-order chi connectivity index (χ1) is 10.9. The van der Waals surface area contributed by atoms with Gasteiger partial charge in [0.1, 0.15) is 0 Å². The van der Waals surface area contributed by atoms with Crippen LogP contribution in [0.5, 0.6) is 11.5 Å². The Kier molecular flexibility index (Phi) is 5.26. The van der Waals surface area contributed by atoms with Gasteiger partial charge in [-0.1, -0.05) is 6.92 Å². The van der Waals surface area contributed by atoms with E-state index in [0.717, 1.165) is 12.5 Å². The van der Waals surface area contributed by atoms with Gasteiger partial charge in [-0.25, -0.2) is 4.79 Å². The molecule has 6 nitrogen and oxygen atoms in total. The van der Waals surface area contributed by atoms with E-state index in [0.29, 0.717) is 29.4 Å². The van der Waals surface area contributed by atoms with Gasteiger partial charge < -0.3 is 19.5 Å². The predicted molar refractivity (Wildman–Crippen MR) is 87.0 cm³/mol. The lowest BCUT2D eigenvalue weighted by Crippen LogP contribution is -2.43. The average Bonchev–Trinajstić information content (AvgIpc) is 2.49. The van der Waals surface area contributed by atoms with Crippen molar-refractivity contribution in [1.29, 1.82) is 0 Å². The number of carboxylic acid groups (broad SMARTS) is 1. The molecule has 1 aliphatic rings. The summed E-state index contributed by atoms with van der Waals surface area (Å²) in [5, 5.41) is 8.80. The van der Waals surface area contributed by atoms with Gasteiger partial charge in [-0.3, -0.25) is 4.79 Å². The molecule has 0 aliphatic carbocycles. The fourth-order valence-electron chi connectivity index (χ4n) is 2.42. The summed E-state index contributed by atoms with van der Waals surface area (Å²) in [6, 6.07) is 3.43. The fourth-order valence-corrected chi connectivity index (χ4v) is 2.42. The molecule has 23 heavy (non-hydrogen) atoms.